The number of halogens is 2. The number of nitrogens with zero attached hydrogens (tertiary/aromatic N) is 2. The van der Waals surface area contributed by atoms with E-state index in [4.69, 9.17) is 11.6 Å². The van der Waals surface area contributed by atoms with E-state index in [1.54, 1.807) is 36.4 Å². The molecule has 0 aliphatic carbocycles. The molecule has 0 unspecified atom stereocenters. The number of aryl methyl sites for hydroxylation is 1. The predicted molar refractivity (Wildman–Crippen MR) is 126 cm³/mol. The lowest BCUT2D eigenvalue weighted by Crippen LogP contribution is -2.13. The van der Waals surface area contributed by atoms with Gasteiger partial charge in [-0.3, -0.25) is 4.79 Å². The van der Waals surface area contributed by atoms with Crippen LogP contribution in [0.2, 0.25) is 5.02 Å². The summed E-state index contributed by atoms with van der Waals surface area (Å²) in [5.74, 6) is -0.794. The van der Waals surface area contributed by atoms with E-state index >= 15 is 0 Å². The zero-order valence-electron chi connectivity index (χ0n) is 17.3. The van der Waals surface area contributed by atoms with Crippen molar-refractivity contribution in [3.63, 3.8) is 0 Å². The summed E-state index contributed by atoms with van der Waals surface area (Å²) in [6.07, 6.45) is 3.47. The SMILES string of the molecule is Cc1ccc(NC(=O)/C(C#N)=C/c2cn(Cc3ccc(F)cc3)c3ccccc23)cc1Cl. The number of carbonyl (C=O) groups is 1. The maximum atomic E-state index is 13.2. The van der Waals surface area contributed by atoms with Gasteiger partial charge in [0.25, 0.3) is 5.91 Å². The number of para-hydroxylation sites is 1. The van der Waals surface area contributed by atoms with Gasteiger partial charge in [-0.2, -0.15) is 5.26 Å². The van der Waals surface area contributed by atoms with E-state index in [2.05, 4.69) is 5.32 Å². The Kier molecular flexibility index (Phi) is 6.07. The molecule has 4 aromatic rings. The molecule has 0 aliphatic heterocycles. The zero-order chi connectivity index (χ0) is 22.7. The lowest BCUT2D eigenvalue weighted by Gasteiger charge is -2.06. The predicted octanol–water partition coefficient (Wildman–Crippen LogP) is 6.34. The Morgan fingerprint density at radius 1 is 1.16 bits per heavy atom. The third kappa shape index (κ3) is 4.56. The molecule has 6 heteroatoms. The van der Waals surface area contributed by atoms with Crippen molar-refractivity contribution in [2.45, 2.75) is 13.5 Å². The molecule has 0 radical (unpaired) electrons. The summed E-state index contributed by atoms with van der Waals surface area (Å²) < 4.78 is 15.3. The van der Waals surface area contributed by atoms with E-state index in [0.29, 0.717) is 17.3 Å². The molecule has 158 valence electrons. The maximum absolute atomic E-state index is 13.2. The molecule has 4 nitrogen and oxygen atoms in total. The van der Waals surface area contributed by atoms with E-state index in [1.165, 1.54) is 12.1 Å². The third-order valence-electron chi connectivity index (χ3n) is 5.18. The smallest absolute Gasteiger partial charge is 0.266 e. The van der Waals surface area contributed by atoms with E-state index in [1.807, 2.05) is 48.0 Å². The molecule has 1 N–H and O–H groups in total. The summed E-state index contributed by atoms with van der Waals surface area (Å²) in [4.78, 5) is 12.7. The van der Waals surface area contributed by atoms with E-state index < -0.39 is 5.91 Å². The van der Waals surface area contributed by atoms with Crippen LogP contribution in [-0.2, 0) is 11.3 Å². The number of nitrogens with one attached hydrogen (secondary N) is 1. The average Bonchev–Trinajstić information content (AvgIpc) is 3.13. The number of hydrogen-bond acceptors (Lipinski definition) is 2. The summed E-state index contributed by atoms with van der Waals surface area (Å²) in [6, 6.07) is 21.3. The van der Waals surface area contributed by atoms with Gasteiger partial charge in [0.2, 0.25) is 0 Å². The molecule has 0 spiro atoms. The highest BCUT2D eigenvalue weighted by molar-refractivity contribution is 6.31. The Labute approximate surface area is 190 Å². The molecule has 0 fully saturated rings. The second kappa shape index (κ2) is 9.09. The number of hydrogen-bond donors (Lipinski definition) is 1. The first-order chi connectivity index (χ1) is 15.4. The number of benzene rings is 3. The third-order valence-corrected chi connectivity index (χ3v) is 5.59. The highest BCUT2D eigenvalue weighted by Crippen LogP contribution is 2.25. The van der Waals surface area contributed by atoms with Gasteiger partial charge in [0.05, 0.1) is 0 Å². The molecule has 32 heavy (non-hydrogen) atoms. The van der Waals surface area contributed by atoms with Crippen molar-refractivity contribution in [2.75, 3.05) is 5.32 Å². The van der Waals surface area contributed by atoms with Crippen LogP contribution in [0.15, 0.2) is 78.5 Å². The number of carbonyl (C=O) groups excluding carboxylic acids is 1. The van der Waals surface area contributed by atoms with Gasteiger partial charge < -0.3 is 9.88 Å². The van der Waals surface area contributed by atoms with Gasteiger partial charge in [-0.05, 0) is 54.5 Å². The van der Waals surface area contributed by atoms with Crippen LogP contribution in [-0.4, -0.2) is 10.5 Å². The lowest BCUT2D eigenvalue weighted by molar-refractivity contribution is -0.112. The number of anilines is 1. The van der Waals surface area contributed by atoms with Gasteiger partial charge in [-0.1, -0.05) is 48.0 Å². The Hall–Kier alpha value is -3.88. The highest BCUT2D eigenvalue weighted by Gasteiger charge is 2.13. The van der Waals surface area contributed by atoms with Crippen LogP contribution in [0.25, 0.3) is 17.0 Å². The fourth-order valence-corrected chi connectivity index (χ4v) is 3.66. The molecule has 1 amide bonds. The summed E-state index contributed by atoms with van der Waals surface area (Å²) >= 11 is 6.13. The molecule has 4 rings (SSSR count). The monoisotopic (exact) mass is 443 g/mol. The standard InChI is InChI=1S/C26H19ClFN3O/c1-17-6-11-22(13-24(17)27)30-26(32)19(14-29)12-20-16-31(25-5-3-2-4-23(20)25)15-18-7-9-21(28)10-8-18/h2-13,16H,15H2,1H3,(H,30,32)/b19-12+. The van der Waals surface area contributed by atoms with E-state index in [-0.39, 0.29) is 11.4 Å². The van der Waals surface area contributed by atoms with E-state index in [0.717, 1.165) is 27.6 Å². The fourth-order valence-electron chi connectivity index (χ4n) is 3.48. The number of aromatic nitrogens is 1. The Bertz CT molecular complexity index is 1380. The van der Waals surface area contributed by atoms with Crippen molar-refractivity contribution in [3.05, 3.63) is 106 Å². The second-order valence-corrected chi connectivity index (χ2v) is 7.85. The minimum atomic E-state index is -0.511. The molecule has 0 atom stereocenters. The van der Waals surface area contributed by atoms with Crippen molar-refractivity contribution < 1.29 is 9.18 Å². The van der Waals surface area contributed by atoms with Gasteiger partial charge in [-0.15, -0.1) is 0 Å². The van der Waals surface area contributed by atoms with Crippen LogP contribution in [0.5, 0.6) is 0 Å². The Morgan fingerprint density at radius 3 is 2.62 bits per heavy atom. The van der Waals surface area contributed by atoms with Crippen LogP contribution < -0.4 is 5.32 Å². The van der Waals surface area contributed by atoms with Gasteiger partial charge in [0.1, 0.15) is 17.5 Å². The zero-order valence-corrected chi connectivity index (χ0v) is 18.0. The molecule has 1 heterocycles. The second-order valence-electron chi connectivity index (χ2n) is 7.44. The van der Waals surface area contributed by atoms with E-state index in [9.17, 15) is 14.4 Å². The Morgan fingerprint density at radius 2 is 1.91 bits per heavy atom. The van der Waals surface area contributed by atoms with Gasteiger partial charge in [-0.25, -0.2) is 4.39 Å². The number of rotatable bonds is 5. The number of fused-ring (bicyclic) bond motifs is 1. The Balaban J connectivity index is 1.66. The first-order valence-corrected chi connectivity index (χ1v) is 10.3. The van der Waals surface area contributed by atoms with Gasteiger partial charge in [0.15, 0.2) is 0 Å². The topological polar surface area (TPSA) is 57.8 Å². The molecule has 1 aromatic heterocycles. The summed E-state index contributed by atoms with van der Waals surface area (Å²) in [7, 11) is 0. The normalized spacial score (nSPS) is 11.4. The highest BCUT2D eigenvalue weighted by atomic mass is 35.5. The quantitative estimate of drug-likeness (QED) is 0.289. The van der Waals surface area contributed by atoms with Crippen molar-refractivity contribution in [1.82, 2.24) is 4.57 Å². The summed E-state index contributed by atoms with van der Waals surface area (Å²) in [6.45, 7) is 2.40. The molecule has 0 saturated carbocycles. The van der Waals surface area contributed by atoms with Gasteiger partial charge in [0, 0.05) is 39.9 Å². The van der Waals surface area contributed by atoms with Crippen molar-refractivity contribution in [1.29, 1.82) is 5.26 Å². The van der Waals surface area contributed by atoms with Crippen LogP contribution in [0, 0.1) is 24.1 Å². The summed E-state index contributed by atoms with van der Waals surface area (Å²) in [5.41, 5.74) is 4.03. The number of amides is 1. The molecule has 0 aliphatic rings. The summed E-state index contributed by atoms with van der Waals surface area (Å²) in [5, 5.41) is 13.8. The van der Waals surface area contributed by atoms with Crippen LogP contribution in [0.1, 0.15) is 16.7 Å². The number of nitriles is 1. The first-order valence-electron chi connectivity index (χ1n) is 9.96. The molecule has 0 saturated heterocycles. The van der Waals surface area contributed by atoms with Crippen molar-refractivity contribution in [2.24, 2.45) is 0 Å². The molecule has 3 aromatic carbocycles. The van der Waals surface area contributed by atoms with Crippen molar-refractivity contribution in [3.8, 4) is 6.07 Å². The minimum absolute atomic E-state index is 0.0219. The maximum Gasteiger partial charge on any atom is 0.266 e. The average molecular weight is 444 g/mol. The fraction of sp³-hybridized carbons (Fsp3) is 0.0769. The van der Waals surface area contributed by atoms with Crippen LogP contribution in [0.4, 0.5) is 10.1 Å². The lowest BCUT2D eigenvalue weighted by atomic mass is 10.1. The van der Waals surface area contributed by atoms with Gasteiger partial charge >= 0.3 is 0 Å². The van der Waals surface area contributed by atoms with Crippen molar-refractivity contribution >= 4 is 40.2 Å². The molecular formula is C26H19ClFN3O. The van der Waals surface area contributed by atoms with Crippen LogP contribution in [0.3, 0.4) is 0 Å². The largest absolute Gasteiger partial charge is 0.342 e. The molecule has 0 bridgehead atoms. The van der Waals surface area contributed by atoms with Crippen LogP contribution >= 0.6 is 11.6 Å². The first kappa shape index (κ1) is 21.4. The minimum Gasteiger partial charge on any atom is -0.342 e. The molecular weight excluding hydrogens is 425 g/mol.